The van der Waals surface area contributed by atoms with Gasteiger partial charge in [-0.3, -0.25) is 14.4 Å². The SMILES string of the molecule is C=CC(=O)OC[Si](OC(C)=O)(OC(C)=O)OC(C)=O. The summed E-state index contributed by atoms with van der Waals surface area (Å²) >= 11 is 0. The molecule has 0 radical (unpaired) electrons. The van der Waals surface area contributed by atoms with Crippen molar-refractivity contribution in [2.45, 2.75) is 20.8 Å². The summed E-state index contributed by atoms with van der Waals surface area (Å²) in [7, 11) is -4.10. The summed E-state index contributed by atoms with van der Waals surface area (Å²) in [5.41, 5.74) is 0. The van der Waals surface area contributed by atoms with Gasteiger partial charge in [0, 0.05) is 26.8 Å². The van der Waals surface area contributed by atoms with Crippen molar-refractivity contribution in [2.24, 2.45) is 0 Å². The Labute approximate surface area is 110 Å². The summed E-state index contributed by atoms with van der Waals surface area (Å²) in [6.45, 7) is 6.26. The van der Waals surface area contributed by atoms with Crippen LogP contribution in [0.1, 0.15) is 20.8 Å². The molecule has 19 heavy (non-hydrogen) atoms. The predicted molar refractivity (Wildman–Crippen MR) is 62.2 cm³/mol. The van der Waals surface area contributed by atoms with Crippen LogP contribution in [-0.4, -0.2) is 38.9 Å². The van der Waals surface area contributed by atoms with Crippen molar-refractivity contribution >= 4 is 32.7 Å². The lowest BCUT2D eigenvalue weighted by molar-refractivity contribution is -0.152. The zero-order chi connectivity index (χ0) is 15.1. The lowest BCUT2D eigenvalue weighted by Gasteiger charge is -2.25. The molecule has 0 spiro atoms. The van der Waals surface area contributed by atoms with Gasteiger partial charge in [-0.2, -0.15) is 0 Å². The lowest BCUT2D eigenvalue weighted by Crippen LogP contribution is -2.54. The summed E-state index contributed by atoms with van der Waals surface area (Å²) in [5.74, 6) is -3.38. The maximum Gasteiger partial charge on any atom is 0.745 e. The van der Waals surface area contributed by atoms with Crippen LogP contribution in [0.15, 0.2) is 12.7 Å². The second-order valence-corrected chi connectivity index (χ2v) is 5.54. The van der Waals surface area contributed by atoms with E-state index in [1.807, 2.05) is 0 Å². The third-order valence-electron chi connectivity index (χ3n) is 1.46. The molecule has 0 amide bonds. The first-order chi connectivity index (χ1) is 8.70. The number of rotatable bonds is 6. The highest BCUT2D eigenvalue weighted by atomic mass is 28.4. The number of ether oxygens (including phenoxy) is 1. The maximum atomic E-state index is 11.0. The number of hydrogen-bond donors (Lipinski definition) is 0. The van der Waals surface area contributed by atoms with E-state index in [1.165, 1.54) is 0 Å². The predicted octanol–water partition coefficient (Wildman–Crippen LogP) is -0.117. The molecular weight excluding hydrogens is 276 g/mol. The van der Waals surface area contributed by atoms with Crippen molar-refractivity contribution in [3.8, 4) is 0 Å². The quantitative estimate of drug-likeness (QED) is 0.379. The molecule has 0 aliphatic rings. The molecule has 0 unspecified atom stereocenters. The van der Waals surface area contributed by atoms with Gasteiger partial charge < -0.3 is 18.0 Å². The molecule has 0 saturated carbocycles. The molecule has 0 atom stereocenters. The van der Waals surface area contributed by atoms with E-state index < -0.39 is 38.9 Å². The summed E-state index contributed by atoms with van der Waals surface area (Å²) in [4.78, 5) is 44.0. The van der Waals surface area contributed by atoms with Gasteiger partial charge in [0.1, 0.15) is 0 Å². The first-order valence-corrected chi connectivity index (χ1v) is 7.02. The topological polar surface area (TPSA) is 105 Å². The fraction of sp³-hybridized carbons (Fsp3) is 0.400. The monoisotopic (exact) mass is 290 g/mol. The van der Waals surface area contributed by atoms with Crippen LogP contribution in [0.2, 0.25) is 0 Å². The fourth-order valence-corrected chi connectivity index (χ4v) is 2.96. The Kier molecular flexibility index (Phi) is 6.48. The van der Waals surface area contributed by atoms with Crippen LogP contribution in [0.4, 0.5) is 0 Å². The van der Waals surface area contributed by atoms with E-state index in [0.29, 0.717) is 0 Å². The normalized spacial score (nSPS) is 10.1. The third-order valence-corrected chi connectivity index (χ3v) is 3.75. The van der Waals surface area contributed by atoms with Crippen LogP contribution in [-0.2, 0) is 37.2 Å². The van der Waals surface area contributed by atoms with Crippen molar-refractivity contribution in [3.05, 3.63) is 12.7 Å². The molecule has 0 aromatic carbocycles. The molecule has 0 N–H and O–H groups in total. The highest BCUT2D eigenvalue weighted by Gasteiger charge is 2.54. The number of hydrogen-bond acceptors (Lipinski definition) is 8. The molecule has 0 rings (SSSR count). The molecule has 0 aliphatic heterocycles. The average molecular weight is 290 g/mol. The van der Waals surface area contributed by atoms with E-state index in [4.69, 9.17) is 13.3 Å². The van der Waals surface area contributed by atoms with Gasteiger partial charge in [-0.15, -0.1) is 0 Å². The summed E-state index contributed by atoms with van der Waals surface area (Å²) in [6, 6.07) is 0. The van der Waals surface area contributed by atoms with Gasteiger partial charge in [-0.25, -0.2) is 4.79 Å². The average Bonchev–Trinajstić information content (AvgIpc) is 2.22. The van der Waals surface area contributed by atoms with Gasteiger partial charge in [0.25, 0.3) is 17.9 Å². The molecule has 0 aromatic heterocycles. The Balaban J connectivity index is 5.13. The zero-order valence-corrected chi connectivity index (χ0v) is 11.8. The van der Waals surface area contributed by atoms with Gasteiger partial charge >= 0.3 is 14.8 Å². The van der Waals surface area contributed by atoms with Crippen molar-refractivity contribution < 1.29 is 37.2 Å². The summed E-state index contributed by atoms with van der Waals surface area (Å²) in [5, 5.41) is 0. The molecule has 0 heterocycles. The van der Waals surface area contributed by atoms with Crippen LogP contribution < -0.4 is 0 Å². The van der Waals surface area contributed by atoms with E-state index in [2.05, 4.69) is 11.3 Å². The van der Waals surface area contributed by atoms with Gasteiger partial charge in [0.15, 0.2) is 6.23 Å². The summed E-state index contributed by atoms with van der Waals surface area (Å²) in [6.07, 6.45) is 0.186. The Bertz CT molecular complexity index is 362. The first-order valence-electron chi connectivity index (χ1n) is 5.08. The van der Waals surface area contributed by atoms with E-state index in [9.17, 15) is 19.2 Å². The van der Waals surface area contributed by atoms with Gasteiger partial charge in [-0.1, -0.05) is 6.58 Å². The Morgan fingerprint density at radius 2 is 1.32 bits per heavy atom. The Hall–Kier alpha value is -2.16. The van der Waals surface area contributed by atoms with Crippen molar-refractivity contribution in [1.82, 2.24) is 0 Å². The molecule has 0 aliphatic carbocycles. The third kappa shape index (κ3) is 6.98. The zero-order valence-electron chi connectivity index (χ0n) is 10.8. The minimum atomic E-state index is -4.10. The number of carbonyl (C=O) groups excluding carboxylic acids is 4. The maximum absolute atomic E-state index is 11.0. The van der Waals surface area contributed by atoms with E-state index in [1.54, 1.807) is 0 Å². The van der Waals surface area contributed by atoms with Gasteiger partial charge in [-0.05, 0) is 0 Å². The molecule has 0 saturated heterocycles. The molecule has 106 valence electrons. The van der Waals surface area contributed by atoms with E-state index in [0.717, 1.165) is 26.8 Å². The number of carbonyl (C=O) groups is 4. The molecular formula is C10H14O8Si. The molecule has 0 fully saturated rings. The summed E-state index contributed by atoms with van der Waals surface area (Å²) < 4.78 is 18.9. The Morgan fingerprint density at radius 1 is 0.947 bits per heavy atom. The smallest absolute Gasteiger partial charge is 0.454 e. The second-order valence-electron chi connectivity index (χ2n) is 3.28. The van der Waals surface area contributed by atoms with Crippen LogP contribution >= 0.6 is 0 Å². The largest absolute Gasteiger partial charge is 0.745 e. The minimum absolute atomic E-state index is 0.670. The molecule has 8 nitrogen and oxygen atoms in total. The lowest BCUT2D eigenvalue weighted by atomic mass is 10.7. The van der Waals surface area contributed by atoms with Crippen LogP contribution in [0, 0.1) is 0 Å². The van der Waals surface area contributed by atoms with Gasteiger partial charge in [0.05, 0.1) is 0 Å². The van der Waals surface area contributed by atoms with Gasteiger partial charge in [0.2, 0.25) is 0 Å². The molecule has 9 heteroatoms. The Morgan fingerprint density at radius 3 is 1.58 bits per heavy atom. The van der Waals surface area contributed by atoms with E-state index >= 15 is 0 Å². The molecule has 0 bridgehead atoms. The van der Waals surface area contributed by atoms with E-state index in [-0.39, 0.29) is 0 Å². The van der Waals surface area contributed by atoms with Crippen molar-refractivity contribution in [3.63, 3.8) is 0 Å². The fourth-order valence-electron chi connectivity index (χ4n) is 1.03. The first kappa shape index (κ1) is 16.8. The van der Waals surface area contributed by atoms with Crippen LogP contribution in [0.25, 0.3) is 0 Å². The highest BCUT2D eigenvalue weighted by molar-refractivity contribution is 6.65. The van der Waals surface area contributed by atoms with Crippen LogP contribution in [0.3, 0.4) is 0 Å². The minimum Gasteiger partial charge on any atom is -0.454 e. The van der Waals surface area contributed by atoms with Crippen LogP contribution in [0.5, 0.6) is 0 Å². The number of esters is 1. The highest BCUT2D eigenvalue weighted by Crippen LogP contribution is 2.12. The molecule has 0 aromatic rings. The standard InChI is InChI=1S/C10H14O8Si/c1-5-10(14)15-6-19(16-7(2)11,17-8(3)12)18-9(4)13/h5H,1,6H2,2-4H3. The van der Waals surface area contributed by atoms with Crippen molar-refractivity contribution in [1.29, 1.82) is 0 Å². The van der Waals surface area contributed by atoms with Crippen molar-refractivity contribution in [2.75, 3.05) is 6.23 Å². The second kappa shape index (κ2) is 7.31.